The van der Waals surface area contributed by atoms with Gasteiger partial charge in [-0.1, -0.05) is 42.0 Å². The highest BCUT2D eigenvalue weighted by atomic mass is 16.4. The Morgan fingerprint density at radius 2 is 1.71 bits per heavy atom. The Hall–Kier alpha value is -2.55. The molecule has 0 aliphatic carbocycles. The van der Waals surface area contributed by atoms with E-state index in [0.717, 1.165) is 18.2 Å². The number of rotatable bonds is 5. The van der Waals surface area contributed by atoms with Gasteiger partial charge in [0.2, 0.25) is 0 Å². The second-order valence-electron chi connectivity index (χ2n) is 5.10. The zero-order valence-corrected chi connectivity index (χ0v) is 12.3. The monoisotopic (exact) mass is 281 g/mol. The maximum atomic E-state index is 10.5. The number of carbonyl (C=O) groups is 1. The highest BCUT2D eigenvalue weighted by Gasteiger charge is 2.02. The maximum absolute atomic E-state index is 10.5. The first-order valence-corrected chi connectivity index (χ1v) is 6.82. The highest BCUT2D eigenvalue weighted by molar-refractivity contribution is 5.85. The molecule has 0 saturated carbocycles. The summed E-state index contributed by atoms with van der Waals surface area (Å²) in [4.78, 5) is 12.7. The van der Waals surface area contributed by atoms with Crippen molar-refractivity contribution in [1.29, 1.82) is 0 Å². The van der Waals surface area contributed by atoms with Crippen LogP contribution in [-0.2, 0) is 11.3 Å². The normalized spacial score (nSPS) is 10.8. The highest BCUT2D eigenvalue weighted by Crippen LogP contribution is 2.16. The van der Waals surface area contributed by atoms with Crippen LogP contribution in [-0.4, -0.2) is 18.1 Å². The van der Waals surface area contributed by atoms with E-state index in [1.54, 1.807) is 6.08 Å². The van der Waals surface area contributed by atoms with Crippen molar-refractivity contribution in [2.45, 2.75) is 13.5 Å². The number of benzene rings is 2. The van der Waals surface area contributed by atoms with Crippen molar-refractivity contribution in [3.05, 3.63) is 71.3 Å². The van der Waals surface area contributed by atoms with Gasteiger partial charge in [0, 0.05) is 25.4 Å². The van der Waals surface area contributed by atoms with Crippen LogP contribution in [0.4, 0.5) is 5.69 Å². The van der Waals surface area contributed by atoms with Gasteiger partial charge < -0.3 is 10.0 Å². The molecule has 2 aromatic rings. The topological polar surface area (TPSA) is 40.5 Å². The Morgan fingerprint density at radius 3 is 2.29 bits per heavy atom. The van der Waals surface area contributed by atoms with Crippen LogP contribution in [0.25, 0.3) is 6.08 Å². The summed E-state index contributed by atoms with van der Waals surface area (Å²) < 4.78 is 0. The first kappa shape index (κ1) is 14.9. The van der Waals surface area contributed by atoms with Gasteiger partial charge in [-0.25, -0.2) is 4.79 Å². The van der Waals surface area contributed by atoms with Gasteiger partial charge in [-0.2, -0.15) is 0 Å². The molecule has 0 atom stereocenters. The molecule has 0 radical (unpaired) electrons. The van der Waals surface area contributed by atoms with E-state index < -0.39 is 5.97 Å². The molecule has 1 N–H and O–H groups in total. The molecule has 2 rings (SSSR count). The number of carboxylic acids is 1. The summed E-state index contributed by atoms with van der Waals surface area (Å²) in [5, 5.41) is 8.60. The molecular formula is C18H19NO2. The SMILES string of the molecule is Cc1ccc(N(C)Cc2ccc(C=CC(=O)O)cc2)cc1. The molecule has 0 heterocycles. The van der Waals surface area contributed by atoms with E-state index in [2.05, 4.69) is 43.1 Å². The van der Waals surface area contributed by atoms with Crippen molar-refractivity contribution in [3.63, 3.8) is 0 Å². The maximum Gasteiger partial charge on any atom is 0.328 e. The van der Waals surface area contributed by atoms with E-state index >= 15 is 0 Å². The zero-order chi connectivity index (χ0) is 15.2. The molecule has 0 saturated heterocycles. The summed E-state index contributed by atoms with van der Waals surface area (Å²) in [7, 11) is 2.06. The van der Waals surface area contributed by atoms with Crippen molar-refractivity contribution in [2.24, 2.45) is 0 Å². The zero-order valence-electron chi connectivity index (χ0n) is 12.3. The van der Waals surface area contributed by atoms with Gasteiger partial charge in [0.05, 0.1) is 0 Å². The molecule has 0 amide bonds. The van der Waals surface area contributed by atoms with Crippen LogP contribution in [0, 0.1) is 6.92 Å². The van der Waals surface area contributed by atoms with Crippen LogP contribution in [0.15, 0.2) is 54.6 Å². The molecule has 3 heteroatoms. The Balaban J connectivity index is 2.02. The third-order valence-electron chi connectivity index (χ3n) is 3.29. The van der Waals surface area contributed by atoms with Crippen LogP contribution in [0.5, 0.6) is 0 Å². The number of aliphatic carboxylic acids is 1. The van der Waals surface area contributed by atoms with E-state index in [1.807, 2.05) is 24.3 Å². The van der Waals surface area contributed by atoms with Crippen molar-refractivity contribution in [3.8, 4) is 0 Å². The number of hydrogen-bond donors (Lipinski definition) is 1. The average Bonchev–Trinajstić information content (AvgIpc) is 2.47. The second kappa shape index (κ2) is 6.75. The lowest BCUT2D eigenvalue weighted by atomic mass is 10.1. The number of carboxylic acid groups (broad SMARTS) is 1. The quantitative estimate of drug-likeness (QED) is 0.849. The van der Waals surface area contributed by atoms with Crippen molar-refractivity contribution in [1.82, 2.24) is 0 Å². The van der Waals surface area contributed by atoms with Gasteiger partial charge in [0.25, 0.3) is 0 Å². The van der Waals surface area contributed by atoms with Crippen LogP contribution in [0.1, 0.15) is 16.7 Å². The predicted octanol–water partition coefficient (Wildman–Crippen LogP) is 3.73. The molecule has 0 spiro atoms. The van der Waals surface area contributed by atoms with Crippen LogP contribution >= 0.6 is 0 Å². The average molecular weight is 281 g/mol. The number of anilines is 1. The standard InChI is InChI=1S/C18H19NO2/c1-14-3-10-17(11-4-14)19(2)13-16-7-5-15(6-8-16)9-12-18(20)21/h3-12H,13H2,1-2H3,(H,20,21). The van der Waals surface area contributed by atoms with Crippen LogP contribution in [0.2, 0.25) is 0 Å². The minimum absolute atomic E-state index is 0.811. The first-order chi connectivity index (χ1) is 10.0. The Morgan fingerprint density at radius 1 is 1.10 bits per heavy atom. The van der Waals surface area contributed by atoms with E-state index in [9.17, 15) is 4.79 Å². The fraction of sp³-hybridized carbons (Fsp3) is 0.167. The number of nitrogens with zero attached hydrogens (tertiary/aromatic N) is 1. The van der Waals surface area contributed by atoms with Crippen molar-refractivity contribution < 1.29 is 9.90 Å². The van der Waals surface area contributed by atoms with Gasteiger partial charge >= 0.3 is 5.97 Å². The minimum atomic E-state index is -0.932. The third kappa shape index (κ3) is 4.49. The summed E-state index contributed by atoms with van der Waals surface area (Å²) in [6, 6.07) is 16.3. The summed E-state index contributed by atoms with van der Waals surface area (Å²) in [5.41, 5.74) is 4.50. The Kier molecular flexibility index (Phi) is 4.77. The van der Waals surface area contributed by atoms with Gasteiger partial charge in [-0.3, -0.25) is 0 Å². The lowest BCUT2D eigenvalue weighted by molar-refractivity contribution is -0.131. The number of hydrogen-bond acceptors (Lipinski definition) is 2. The molecule has 0 aliphatic heterocycles. The largest absolute Gasteiger partial charge is 0.478 e. The third-order valence-corrected chi connectivity index (χ3v) is 3.29. The van der Waals surface area contributed by atoms with Crippen molar-refractivity contribution >= 4 is 17.7 Å². The first-order valence-electron chi connectivity index (χ1n) is 6.82. The molecule has 21 heavy (non-hydrogen) atoms. The molecular weight excluding hydrogens is 262 g/mol. The van der Waals surface area contributed by atoms with Crippen LogP contribution < -0.4 is 4.90 Å². The molecule has 0 aliphatic rings. The molecule has 0 unspecified atom stereocenters. The van der Waals surface area contributed by atoms with E-state index in [-0.39, 0.29) is 0 Å². The van der Waals surface area contributed by atoms with E-state index in [4.69, 9.17) is 5.11 Å². The van der Waals surface area contributed by atoms with Gasteiger partial charge in [0.1, 0.15) is 0 Å². The van der Waals surface area contributed by atoms with E-state index in [0.29, 0.717) is 0 Å². The molecule has 2 aromatic carbocycles. The number of aryl methyl sites for hydroxylation is 1. The molecule has 0 bridgehead atoms. The smallest absolute Gasteiger partial charge is 0.328 e. The van der Waals surface area contributed by atoms with Gasteiger partial charge in [-0.15, -0.1) is 0 Å². The minimum Gasteiger partial charge on any atom is -0.478 e. The van der Waals surface area contributed by atoms with E-state index in [1.165, 1.54) is 16.8 Å². The summed E-state index contributed by atoms with van der Waals surface area (Å²) in [6.07, 6.45) is 2.74. The van der Waals surface area contributed by atoms with Gasteiger partial charge in [-0.05, 0) is 36.3 Å². The second-order valence-corrected chi connectivity index (χ2v) is 5.10. The Bertz CT molecular complexity index is 627. The predicted molar refractivity (Wildman–Crippen MR) is 86.4 cm³/mol. The molecule has 0 fully saturated rings. The fourth-order valence-electron chi connectivity index (χ4n) is 2.07. The summed E-state index contributed by atoms with van der Waals surface area (Å²) in [6.45, 7) is 2.89. The molecule has 0 aromatic heterocycles. The summed E-state index contributed by atoms with van der Waals surface area (Å²) in [5.74, 6) is -0.932. The Labute approximate surface area is 125 Å². The lowest BCUT2D eigenvalue weighted by Gasteiger charge is -2.19. The molecule has 3 nitrogen and oxygen atoms in total. The molecule has 108 valence electrons. The summed E-state index contributed by atoms with van der Waals surface area (Å²) >= 11 is 0. The van der Waals surface area contributed by atoms with Crippen molar-refractivity contribution in [2.75, 3.05) is 11.9 Å². The van der Waals surface area contributed by atoms with Crippen LogP contribution in [0.3, 0.4) is 0 Å². The fourth-order valence-corrected chi connectivity index (χ4v) is 2.07. The lowest BCUT2D eigenvalue weighted by Crippen LogP contribution is -2.16. The van der Waals surface area contributed by atoms with Gasteiger partial charge in [0.15, 0.2) is 0 Å².